The van der Waals surface area contributed by atoms with Crippen molar-refractivity contribution in [2.75, 3.05) is 25.9 Å². The lowest BCUT2D eigenvalue weighted by molar-refractivity contribution is 0.197. The van der Waals surface area contributed by atoms with Gasteiger partial charge in [0.15, 0.2) is 0 Å². The van der Waals surface area contributed by atoms with Crippen molar-refractivity contribution in [2.24, 2.45) is 17.5 Å². The molecule has 0 spiro atoms. The van der Waals surface area contributed by atoms with E-state index in [0.29, 0.717) is 5.92 Å². The summed E-state index contributed by atoms with van der Waals surface area (Å²) in [6, 6.07) is 0. The number of hydrazine groups is 1. The second-order valence-electron chi connectivity index (χ2n) is 6.87. The number of rotatable bonds is 6. The van der Waals surface area contributed by atoms with Crippen molar-refractivity contribution in [1.29, 1.82) is 5.41 Å². The summed E-state index contributed by atoms with van der Waals surface area (Å²) in [5.41, 5.74) is 10.8. The zero-order valence-electron chi connectivity index (χ0n) is 16.2. The van der Waals surface area contributed by atoms with Crippen LogP contribution in [0.3, 0.4) is 0 Å². The molecule has 27 heavy (non-hydrogen) atoms. The molecular weight excluding hydrogens is 358 g/mol. The molecule has 6 N–H and O–H groups in total. The molecule has 0 unspecified atom stereocenters. The summed E-state index contributed by atoms with van der Waals surface area (Å²) in [4.78, 5) is 2.53. The lowest BCUT2D eigenvalue weighted by Crippen LogP contribution is -2.38. The van der Waals surface area contributed by atoms with Gasteiger partial charge in [0.1, 0.15) is 5.76 Å². The largest absolute Gasteiger partial charge is 0.439 e. The van der Waals surface area contributed by atoms with E-state index in [9.17, 15) is 0 Å². The van der Waals surface area contributed by atoms with Gasteiger partial charge in [-0.15, -0.1) is 0 Å². The summed E-state index contributed by atoms with van der Waals surface area (Å²) in [7, 11) is 0. The van der Waals surface area contributed by atoms with Crippen LogP contribution in [0.4, 0.5) is 0 Å². The Morgan fingerprint density at radius 2 is 2.07 bits per heavy atom. The first-order valence-electron chi connectivity index (χ1n) is 9.59. The van der Waals surface area contributed by atoms with E-state index >= 15 is 0 Å². The molecule has 2 aliphatic rings. The highest BCUT2D eigenvalue weighted by atomic mass is 32.2. The Labute approximate surface area is 167 Å². The number of likely N-dealkylation sites (tertiary alicyclic amines) is 1. The SMILES string of the molecule is CSC(=N)O/C1=C/C/C=C(/CCN2CCC(/C(=C/N)NN)CC2)C/C=C\C1. The Hall–Kier alpha value is -1.70. The molecule has 0 aromatic heterocycles. The van der Waals surface area contributed by atoms with Crippen molar-refractivity contribution >= 4 is 17.0 Å². The number of ether oxygens (including phenoxy) is 1. The average Bonchev–Trinajstić information content (AvgIpc) is 2.80. The maximum atomic E-state index is 7.67. The van der Waals surface area contributed by atoms with E-state index in [2.05, 4.69) is 34.6 Å². The molecule has 0 radical (unpaired) electrons. The van der Waals surface area contributed by atoms with Gasteiger partial charge in [-0.3, -0.25) is 11.3 Å². The van der Waals surface area contributed by atoms with E-state index in [4.69, 9.17) is 21.7 Å². The molecule has 0 aromatic carbocycles. The number of nitrogens with two attached hydrogens (primary N) is 2. The summed E-state index contributed by atoms with van der Waals surface area (Å²) < 4.78 is 5.56. The standard InChI is InChI=1S/C20H33N5OS/c1-27-20(22)26-18-7-3-2-5-16(6-4-8-18)9-12-25-13-10-17(11-14-25)19(15-21)24-23/h2-3,6,8,15,17,22,24H,4-5,7,9-14,21,23H2,1H3/b3-2-,16-6+,18-8+,19-15-,22-20?. The van der Waals surface area contributed by atoms with Gasteiger partial charge in [-0.1, -0.05) is 35.6 Å². The lowest BCUT2D eigenvalue weighted by Gasteiger charge is -2.33. The van der Waals surface area contributed by atoms with Crippen molar-refractivity contribution < 1.29 is 4.74 Å². The molecule has 0 saturated carbocycles. The summed E-state index contributed by atoms with van der Waals surface area (Å²) in [5.74, 6) is 6.85. The van der Waals surface area contributed by atoms with Crippen LogP contribution in [0.2, 0.25) is 0 Å². The van der Waals surface area contributed by atoms with Gasteiger partial charge < -0.3 is 20.8 Å². The number of thioether (sulfide) groups is 1. The first kappa shape index (κ1) is 21.6. The summed E-state index contributed by atoms with van der Waals surface area (Å²) in [6.07, 6.45) is 18.1. The number of allylic oxidation sites excluding steroid dienone is 5. The van der Waals surface area contributed by atoms with Crippen molar-refractivity contribution in [3.8, 4) is 0 Å². The molecule has 1 saturated heterocycles. The quantitative estimate of drug-likeness (QED) is 0.182. The van der Waals surface area contributed by atoms with Crippen LogP contribution in [0, 0.1) is 11.3 Å². The van der Waals surface area contributed by atoms with Crippen molar-refractivity contribution in [2.45, 2.75) is 38.5 Å². The Balaban J connectivity index is 1.80. The van der Waals surface area contributed by atoms with Crippen LogP contribution in [0.25, 0.3) is 0 Å². The van der Waals surface area contributed by atoms with E-state index in [1.807, 2.05) is 6.26 Å². The predicted molar refractivity (Wildman–Crippen MR) is 115 cm³/mol. The fourth-order valence-electron chi connectivity index (χ4n) is 3.48. The van der Waals surface area contributed by atoms with E-state index < -0.39 is 0 Å². The van der Waals surface area contributed by atoms with E-state index in [1.54, 1.807) is 6.20 Å². The third-order valence-corrected chi connectivity index (χ3v) is 5.60. The van der Waals surface area contributed by atoms with E-state index in [1.165, 1.54) is 17.3 Å². The monoisotopic (exact) mass is 391 g/mol. The van der Waals surface area contributed by atoms with Crippen molar-refractivity contribution in [3.63, 3.8) is 0 Å². The highest BCUT2D eigenvalue weighted by Crippen LogP contribution is 2.23. The van der Waals surface area contributed by atoms with Gasteiger partial charge in [0, 0.05) is 30.8 Å². The first-order chi connectivity index (χ1) is 13.2. The second kappa shape index (κ2) is 11.9. The molecule has 1 fully saturated rings. The lowest BCUT2D eigenvalue weighted by atomic mass is 9.93. The van der Waals surface area contributed by atoms with Gasteiger partial charge in [0.05, 0.1) is 0 Å². The molecule has 0 atom stereocenters. The van der Waals surface area contributed by atoms with Gasteiger partial charge in [0.25, 0.3) is 0 Å². The minimum atomic E-state index is 0.249. The van der Waals surface area contributed by atoms with Gasteiger partial charge in [-0.2, -0.15) is 0 Å². The minimum Gasteiger partial charge on any atom is -0.439 e. The molecule has 0 bridgehead atoms. The van der Waals surface area contributed by atoms with Crippen LogP contribution in [0.1, 0.15) is 38.5 Å². The number of hydrogen-bond donors (Lipinski definition) is 4. The van der Waals surface area contributed by atoms with Crippen molar-refractivity contribution in [3.05, 3.63) is 47.5 Å². The molecule has 0 amide bonds. The molecule has 2 rings (SSSR count). The average molecular weight is 392 g/mol. The summed E-state index contributed by atoms with van der Waals surface area (Å²) in [6.45, 7) is 3.26. The third-order valence-electron chi connectivity index (χ3n) is 5.15. The molecule has 1 aliphatic carbocycles. The van der Waals surface area contributed by atoms with Crippen LogP contribution in [0.5, 0.6) is 0 Å². The number of piperidine rings is 1. The molecule has 0 aromatic rings. The second-order valence-corrected chi connectivity index (χ2v) is 7.65. The van der Waals surface area contributed by atoms with Gasteiger partial charge in [0.2, 0.25) is 5.23 Å². The number of nitrogens with one attached hydrogen (secondary N) is 2. The molecule has 6 nitrogen and oxygen atoms in total. The topological polar surface area (TPSA) is 100 Å². The fourth-order valence-corrected chi connectivity index (χ4v) is 3.67. The molecule has 1 heterocycles. The van der Waals surface area contributed by atoms with Gasteiger partial charge in [-0.05, 0) is 57.5 Å². The molecule has 7 heteroatoms. The normalized spacial score (nSPS) is 25.2. The zero-order valence-corrected chi connectivity index (χ0v) is 17.1. The van der Waals surface area contributed by atoms with Crippen LogP contribution < -0.4 is 17.0 Å². The Bertz CT molecular complexity index is 603. The maximum absolute atomic E-state index is 7.67. The summed E-state index contributed by atoms with van der Waals surface area (Å²) >= 11 is 1.32. The smallest absolute Gasteiger partial charge is 0.247 e. The van der Waals surface area contributed by atoms with Gasteiger partial charge in [-0.25, -0.2) is 0 Å². The summed E-state index contributed by atoms with van der Waals surface area (Å²) in [5, 5.41) is 7.92. The van der Waals surface area contributed by atoms with E-state index in [0.717, 1.165) is 69.6 Å². The van der Waals surface area contributed by atoms with Crippen LogP contribution >= 0.6 is 11.8 Å². The zero-order chi connectivity index (χ0) is 19.5. The molecule has 1 aliphatic heterocycles. The number of hydrogen-bond acceptors (Lipinski definition) is 7. The molecule has 150 valence electrons. The van der Waals surface area contributed by atoms with Crippen LogP contribution in [0.15, 0.2) is 47.5 Å². The van der Waals surface area contributed by atoms with Gasteiger partial charge >= 0.3 is 0 Å². The molecular formula is C20H33N5OS. The number of nitrogens with zero attached hydrogens (tertiary/aromatic N) is 1. The van der Waals surface area contributed by atoms with Crippen LogP contribution in [-0.4, -0.2) is 36.0 Å². The maximum Gasteiger partial charge on any atom is 0.247 e. The third kappa shape index (κ3) is 7.44. The highest BCUT2D eigenvalue weighted by molar-refractivity contribution is 8.12. The Morgan fingerprint density at radius 3 is 2.74 bits per heavy atom. The Kier molecular flexibility index (Phi) is 9.52. The minimum absolute atomic E-state index is 0.249. The highest BCUT2D eigenvalue weighted by Gasteiger charge is 2.21. The van der Waals surface area contributed by atoms with E-state index in [-0.39, 0.29) is 5.23 Å². The van der Waals surface area contributed by atoms with Crippen molar-refractivity contribution in [1.82, 2.24) is 10.3 Å². The first-order valence-corrected chi connectivity index (χ1v) is 10.8. The predicted octanol–water partition coefficient (Wildman–Crippen LogP) is 3.22. The Morgan fingerprint density at radius 1 is 1.33 bits per heavy atom. The fraction of sp³-hybridized carbons (Fsp3) is 0.550. The van der Waals surface area contributed by atoms with Crippen LogP contribution in [-0.2, 0) is 4.74 Å².